The fraction of sp³-hybridized carbons (Fsp3) is 0.286. The number of ether oxygens (including phenoxy) is 1. The van der Waals surface area contributed by atoms with Gasteiger partial charge in [-0.25, -0.2) is 0 Å². The average molecular weight is 260 g/mol. The van der Waals surface area contributed by atoms with Crippen molar-refractivity contribution in [3.8, 4) is 5.75 Å². The molecule has 5 nitrogen and oxygen atoms in total. The third kappa shape index (κ3) is 3.84. The minimum Gasteiger partial charge on any atom is -0.484 e. The summed E-state index contributed by atoms with van der Waals surface area (Å²) < 4.78 is 10.00. The van der Waals surface area contributed by atoms with E-state index in [2.05, 4.69) is 28.8 Å². The first-order valence-electron chi connectivity index (χ1n) is 6.07. The third-order valence-corrected chi connectivity index (χ3v) is 2.63. The van der Waals surface area contributed by atoms with Crippen molar-refractivity contribution in [1.82, 2.24) is 5.16 Å². The van der Waals surface area contributed by atoms with Gasteiger partial charge in [-0.3, -0.25) is 4.79 Å². The molecule has 19 heavy (non-hydrogen) atoms. The van der Waals surface area contributed by atoms with Gasteiger partial charge in [-0.15, -0.1) is 0 Å². The summed E-state index contributed by atoms with van der Waals surface area (Å²) in [5.74, 6) is 0.895. The largest absolute Gasteiger partial charge is 0.484 e. The van der Waals surface area contributed by atoms with Crippen molar-refractivity contribution < 1.29 is 14.1 Å². The zero-order chi connectivity index (χ0) is 13.7. The van der Waals surface area contributed by atoms with Gasteiger partial charge in [0.1, 0.15) is 17.7 Å². The highest BCUT2D eigenvalue weighted by Crippen LogP contribution is 2.18. The van der Waals surface area contributed by atoms with E-state index >= 15 is 0 Å². The molecule has 5 heteroatoms. The number of hydrogen-bond donors (Lipinski definition) is 1. The molecule has 0 aliphatic rings. The van der Waals surface area contributed by atoms with Crippen LogP contribution in [-0.4, -0.2) is 17.7 Å². The van der Waals surface area contributed by atoms with Gasteiger partial charge in [0.25, 0.3) is 5.91 Å². The Kier molecular flexibility index (Phi) is 4.18. The molecule has 1 aromatic heterocycles. The van der Waals surface area contributed by atoms with E-state index in [9.17, 15) is 4.79 Å². The Hall–Kier alpha value is -2.30. The summed E-state index contributed by atoms with van der Waals surface area (Å²) in [7, 11) is 0. The lowest BCUT2D eigenvalue weighted by atomic mass is 10.0. The van der Waals surface area contributed by atoms with Crippen molar-refractivity contribution in [2.45, 2.75) is 19.8 Å². The van der Waals surface area contributed by atoms with Crippen molar-refractivity contribution in [2.24, 2.45) is 0 Å². The Morgan fingerprint density at radius 1 is 1.37 bits per heavy atom. The Balaban J connectivity index is 1.83. The Labute approximate surface area is 111 Å². The summed E-state index contributed by atoms with van der Waals surface area (Å²) in [6.45, 7) is 4.21. The third-order valence-electron chi connectivity index (χ3n) is 2.63. The fourth-order valence-electron chi connectivity index (χ4n) is 1.56. The van der Waals surface area contributed by atoms with E-state index in [1.54, 1.807) is 0 Å². The second kappa shape index (κ2) is 6.04. The molecule has 0 aliphatic carbocycles. The number of amides is 1. The van der Waals surface area contributed by atoms with Crippen molar-refractivity contribution in [2.75, 3.05) is 11.9 Å². The van der Waals surface area contributed by atoms with Crippen LogP contribution in [0.5, 0.6) is 5.75 Å². The molecule has 0 radical (unpaired) electrons. The van der Waals surface area contributed by atoms with Gasteiger partial charge in [0, 0.05) is 0 Å². The number of anilines is 1. The number of nitrogens with one attached hydrogen (secondary N) is 1. The zero-order valence-corrected chi connectivity index (χ0v) is 10.9. The van der Waals surface area contributed by atoms with Crippen LogP contribution in [0.2, 0.25) is 0 Å². The molecule has 0 atom stereocenters. The molecule has 0 saturated heterocycles. The highest BCUT2D eigenvalue weighted by molar-refractivity contribution is 5.91. The molecular weight excluding hydrogens is 244 g/mol. The summed E-state index contributed by atoms with van der Waals surface area (Å²) in [5.41, 5.74) is 1.75. The van der Waals surface area contributed by atoms with Crippen LogP contribution in [0.25, 0.3) is 0 Å². The van der Waals surface area contributed by atoms with Crippen LogP contribution in [0.3, 0.4) is 0 Å². The van der Waals surface area contributed by atoms with E-state index < -0.39 is 0 Å². The fourth-order valence-corrected chi connectivity index (χ4v) is 1.56. The van der Waals surface area contributed by atoms with Crippen LogP contribution in [0.15, 0.2) is 41.2 Å². The summed E-state index contributed by atoms with van der Waals surface area (Å²) in [6, 6.07) is 7.72. The van der Waals surface area contributed by atoms with Gasteiger partial charge in [-0.2, -0.15) is 0 Å². The lowest BCUT2D eigenvalue weighted by molar-refractivity contribution is -0.118. The molecule has 0 unspecified atom stereocenters. The van der Waals surface area contributed by atoms with Crippen molar-refractivity contribution >= 4 is 11.6 Å². The zero-order valence-electron chi connectivity index (χ0n) is 10.9. The Bertz CT molecular complexity index is 518. The van der Waals surface area contributed by atoms with Crippen LogP contribution >= 0.6 is 0 Å². The monoisotopic (exact) mass is 260 g/mol. The number of nitrogens with zero attached hydrogens (tertiary/aromatic N) is 1. The highest BCUT2D eigenvalue weighted by Gasteiger charge is 2.05. The maximum atomic E-state index is 11.6. The minimum atomic E-state index is -0.254. The first-order chi connectivity index (χ1) is 9.15. The topological polar surface area (TPSA) is 64.4 Å². The van der Waals surface area contributed by atoms with Crippen LogP contribution in [0, 0.1) is 0 Å². The number of carbonyl (C=O) groups excluding carboxylic acids is 1. The summed E-state index contributed by atoms with van der Waals surface area (Å²) in [5, 5.41) is 6.09. The molecule has 0 spiro atoms. The van der Waals surface area contributed by atoms with E-state index in [1.165, 1.54) is 18.0 Å². The molecule has 0 fully saturated rings. The van der Waals surface area contributed by atoms with Gasteiger partial charge >= 0.3 is 0 Å². The maximum Gasteiger partial charge on any atom is 0.262 e. The predicted octanol–water partition coefficient (Wildman–Crippen LogP) is 2.82. The van der Waals surface area contributed by atoms with E-state index in [0.29, 0.717) is 17.4 Å². The summed E-state index contributed by atoms with van der Waals surface area (Å²) in [4.78, 5) is 11.6. The van der Waals surface area contributed by atoms with Crippen molar-refractivity contribution in [1.29, 1.82) is 0 Å². The second-order valence-electron chi connectivity index (χ2n) is 4.47. The number of benzene rings is 1. The lowest BCUT2D eigenvalue weighted by Gasteiger charge is -2.08. The first-order valence-corrected chi connectivity index (χ1v) is 6.07. The lowest BCUT2D eigenvalue weighted by Crippen LogP contribution is -2.19. The number of rotatable bonds is 5. The molecule has 1 heterocycles. The van der Waals surface area contributed by atoms with E-state index in [-0.39, 0.29) is 12.5 Å². The molecule has 1 aromatic carbocycles. The van der Waals surface area contributed by atoms with Crippen LogP contribution in [0.4, 0.5) is 5.69 Å². The summed E-state index contributed by atoms with van der Waals surface area (Å²) in [6.07, 6.45) is 2.78. The first kappa shape index (κ1) is 13.1. The van der Waals surface area contributed by atoms with Gasteiger partial charge in [0.05, 0.1) is 6.20 Å². The molecule has 2 rings (SSSR count). The van der Waals surface area contributed by atoms with Gasteiger partial charge in [0.15, 0.2) is 6.61 Å². The predicted molar refractivity (Wildman–Crippen MR) is 71.2 cm³/mol. The molecule has 0 bridgehead atoms. The SMILES string of the molecule is CC(C)c1ccc(OCC(=O)Nc2cnoc2)cc1. The smallest absolute Gasteiger partial charge is 0.262 e. The van der Waals surface area contributed by atoms with Gasteiger partial charge < -0.3 is 14.6 Å². The standard InChI is InChI=1S/C14H16N2O3/c1-10(2)11-3-5-13(6-4-11)18-9-14(17)16-12-7-15-19-8-12/h3-8,10H,9H2,1-2H3,(H,16,17). The quantitative estimate of drug-likeness (QED) is 0.897. The minimum absolute atomic E-state index is 0.0494. The average Bonchev–Trinajstić information content (AvgIpc) is 2.89. The van der Waals surface area contributed by atoms with Crippen molar-refractivity contribution in [3.63, 3.8) is 0 Å². The molecule has 2 aromatic rings. The Morgan fingerprint density at radius 3 is 2.68 bits per heavy atom. The van der Waals surface area contributed by atoms with Crippen LogP contribution in [0.1, 0.15) is 25.3 Å². The van der Waals surface area contributed by atoms with Crippen LogP contribution < -0.4 is 10.1 Å². The van der Waals surface area contributed by atoms with E-state index in [1.807, 2.05) is 24.3 Å². The van der Waals surface area contributed by atoms with E-state index in [4.69, 9.17) is 4.74 Å². The number of hydrogen-bond acceptors (Lipinski definition) is 4. The van der Waals surface area contributed by atoms with Gasteiger partial charge in [-0.1, -0.05) is 31.1 Å². The molecule has 0 aliphatic heterocycles. The normalized spacial score (nSPS) is 10.5. The van der Waals surface area contributed by atoms with Gasteiger partial charge in [0.2, 0.25) is 0 Å². The molecule has 1 amide bonds. The Morgan fingerprint density at radius 2 is 2.11 bits per heavy atom. The highest BCUT2D eigenvalue weighted by atomic mass is 16.5. The van der Waals surface area contributed by atoms with Crippen LogP contribution in [-0.2, 0) is 4.79 Å². The molecule has 100 valence electrons. The second-order valence-corrected chi connectivity index (χ2v) is 4.47. The number of carbonyl (C=O) groups is 1. The van der Waals surface area contributed by atoms with Gasteiger partial charge in [-0.05, 0) is 23.6 Å². The number of aromatic nitrogens is 1. The molecular formula is C14H16N2O3. The summed E-state index contributed by atoms with van der Waals surface area (Å²) >= 11 is 0. The maximum absolute atomic E-state index is 11.6. The van der Waals surface area contributed by atoms with E-state index in [0.717, 1.165) is 0 Å². The molecule has 1 N–H and O–H groups in total. The van der Waals surface area contributed by atoms with Crippen molar-refractivity contribution in [3.05, 3.63) is 42.3 Å². The molecule has 0 saturated carbocycles.